The second kappa shape index (κ2) is 8.95. The average molecular weight is 356 g/mol. The molecule has 3 nitrogen and oxygen atoms in total. The van der Waals surface area contributed by atoms with Gasteiger partial charge in [-0.2, -0.15) is 0 Å². The molecular formula is C21H25NO2S. The van der Waals surface area contributed by atoms with Crippen molar-refractivity contribution in [1.82, 2.24) is 4.90 Å². The Morgan fingerprint density at radius 2 is 1.92 bits per heavy atom. The largest absolute Gasteiger partial charge is 0.489 e. The fourth-order valence-electron chi connectivity index (χ4n) is 3.01. The molecule has 1 heterocycles. The number of thioether (sulfide) groups is 1. The fraction of sp³-hybridized carbons (Fsp3) is 0.381. The minimum Gasteiger partial charge on any atom is -0.489 e. The Hall–Kier alpha value is -1.94. The molecule has 0 radical (unpaired) electrons. The Morgan fingerprint density at radius 1 is 1.16 bits per heavy atom. The van der Waals surface area contributed by atoms with Gasteiger partial charge in [0, 0.05) is 24.3 Å². The van der Waals surface area contributed by atoms with Crippen LogP contribution >= 0.6 is 11.8 Å². The highest BCUT2D eigenvalue weighted by Crippen LogP contribution is 2.42. The standard InChI is InChI=1S/C21H25NO2S/c1-2-3-13-20(23)22-14-15-25-21(22)18-11-7-8-12-19(18)24-16-17-9-5-4-6-10-17/h4-12,21H,2-3,13-16H2,1H3/t21-/m0/s1. The van der Waals surface area contributed by atoms with Gasteiger partial charge in [0.25, 0.3) is 0 Å². The number of hydrogen-bond acceptors (Lipinski definition) is 3. The third-order valence-corrected chi connectivity index (χ3v) is 5.62. The molecule has 0 N–H and O–H groups in total. The van der Waals surface area contributed by atoms with Crippen LogP contribution in [0.25, 0.3) is 0 Å². The summed E-state index contributed by atoms with van der Waals surface area (Å²) in [5.41, 5.74) is 2.25. The smallest absolute Gasteiger partial charge is 0.223 e. The highest BCUT2D eigenvalue weighted by Gasteiger charge is 2.31. The highest BCUT2D eigenvalue weighted by molar-refractivity contribution is 7.99. The summed E-state index contributed by atoms with van der Waals surface area (Å²) in [6.45, 7) is 3.49. The Kier molecular flexibility index (Phi) is 6.40. The van der Waals surface area contributed by atoms with Gasteiger partial charge in [0.1, 0.15) is 17.7 Å². The summed E-state index contributed by atoms with van der Waals surface area (Å²) < 4.78 is 6.09. The minimum atomic E-state index is 0.0660. The van der Waals surface area contributed by atoms with Crippen molar-refractivity contribution in [2.24, 2.45) is 0 Å². The Bertz CT molecular complexity index is 689. The lowest BCUT2D eigenvalue weighted by molar-refractivity contribution is -0.131. The molecule has 1 amide bonds. The average Bonchev–Trinajstić information content (AvgIpc) is 3.15. The van der Waals surface area contributed by atoms with E-state index >= 15 is 0 Å². The van der Waals surface area contributed by atoms with Gasteiger partial charge in [-0.15, -0.1) is 11.8 Å². The van der Waals surface area contributed by atoms with Gasteiger partial charge in [0.05, 0.1) is 0 Å². The molecule has 1 aliphatic rings. The van der Waals surface area contributed by atoms with Crippen molar-refractivity contribution in [1.29, 1.82) is 0 Å². The molecule has 1 aliphatic heterocycles. The lowest BCUT2D eigenvalue weighted by atomic mass is 10.1. The number of benzene rings is 2. The van der Waals surface area contributed by atoms with Crippen molar-refractivity contribution >= 4 is 17.7 Å². The van der Waals surface area contributed by atoms with E-state index in [0.717, 1.165) is 42.0 Å². The summed E-state index contributed by atoms with van der Waals surface area (Å²) in [5, 5.41) is 0.0660. The number of unbranched alkanes of at least 4 members (excludes halogenated alkanes) is 1. The lowest BCUT2D eigenvalue weighted by Gasteiger charge is -2.26. The summed E-state index contributed by atoms with van der Waals surface area (Å²) in [4.78, 5) is 14.6. The maximum absolute atomic E-state index is 12.6. The highest BCUT2D eigenvalue weighted by atomic mass is 32.2. The van der Waals surface area contributed by atoms with Crippen LogP contribution < -0.4 is 4.74 Å². The van der Waals surface area contributed by atoms with Gasteiger partial charge in [0.15, 0.2) is 0 Å². The molecule has 3 rings (SSSR count). The molecule has 1 atom stereocenters. The maximum atomic E-state index is 12.6. The number of rotatable bonds is 7. The number of amides is 1. The van der Waals surface area contributed by atoms with Gasteiger partial charge in [-0.3, -0.25) is 4.79 Å². The summed E-state index contributed by atoms with van der Waals surface area (Å²) in [7, 11) is 0. The van der Waals surface area contributed by atoms with E-state index in [1.54, 1.807) is 0 Å². The molecular weight excluding hydrogens is 330 g/mol. The molecule has 0 aromatic heterocycles. The van der Waals surface area contributed by atoms with Crippen LogP contribution in [0.3, 0.4) is 0 Å². The topological polar surface area (TPSA) is 29.5 Å². The third-order valence-electron chi connectivity index (χ3n) is 4.38. The van der Waals surface area contributed by atoms with Gasteiger partial charge in [-0.05, 0) is 18.1 Å². The molecule has 2 aromatic rings. The first-order valence-corrected chi connectivity index (χ1v) is 10.0. The van der Waals surface area contributed by atoms with Crippen LogP contribution in [0.5, 0.6) is 5.75 Å². The number of para-hydroxylation sites is 1. The zero-order valence-electron chi connectivity index (χ0n) is 14.7. The van der Waals surface area contributed by atoms with Crippen molar-refractivity contribution in [3.05, 3.63) is 65.7 Å². The van der Waals surface area contributed by atoms with E-state index in [9.17, 15) is 4.79 Å². The van der Waals surface area contributed by atoms with Gasteiger partial charge in [-0.1, -0.05) is 61.9 Å². The van der Waals surface area contributed by atoms with Crippen molar-refractivity contribution in [3.63, 3.8) is 0 Å². The summed E-state index contributed by atoms with van der Waals surface area (Å²) >= 11 is 1.83. The van der Waals surface area contributed by atoms with Gasteiger partial charge in [0.2, 0.25) is 5.91 Å². The van der Waals surface area contributed by atoms with E-state index in [4.69, 9.17) is 4.74 Å². The third kappa shape index (κ3) is 4.57. The zero-order valence-corrected chi connectivity index (χ0v) is 15.5. The summed E-state index contributed by atoms with van der Waals surface area (Å²) in [6.07, 6.45) is 2.65. The molecule has 0 spiro atoms. The summed E-state index contributed by atoms with van der Waals surface area (Å²) in [6, 6.07) is 18.3. The Balaban J connectivity index is 1.74. The predicted molar refractivity (Wildman–Crippen MR) is 104 cm³/mol. The van der Waals surface area contributed by atoms with Crippen LogP contribution in [0, 0.1) is 0 Å². The molecule has 0 unspecified atom stereocenters. The number of carbonyl (C=O) groups excluding carboxylic acids is 1. The normalized spacial score (nSPS) is 16.8. The molecule has 1 fully saturated rings. The van der Waals surface area contributed by atoms with Crippen LogP contribution in [0.15, 0.2) is 54.6 Å². The number of hydrogen-bond donors (Lipinski definition) is 0. The van der Waals surface area contributed by atoms with Crippen molar-refractivity contribution in [3.8, 4) is 5.75 Å². The molecule has 4 heteroatoms. The minimum absolute atomic E-state index is 0.0660. The Labute approximate surface area is 154 Å². The number of ether oxygens (including phenoxy) is 1. The van der Waals surface area contributed by atoms with Crippen LogP contribution in [0.1, 0.15) is 42.7 Å². The van der Waals surface area contributed by atoms with Crippen LogP contribution in [-0.2, 0) is 11.4 Å². The van der Waals surface area contributed by atoms with E-state index in [2.05, 4.69) is 25.1 Å². The predicted octanol–water partition coefficient (Wildman–Crippen LogP) is 5.03. The van der Waals surface area contributed by atoms with Gasteiger partial charge in [-0.25, -0.2) is 0 Å². The molecule has 1 saturated heterocycles. The van der Waals surface area contributed by atoms with Gasteiger partial charge < -0.3 is 9.64 Å². The monoisotopic (exact) mass is 355 g/mol. The van der Waals surface area contributed by atoms with Crippen molar-refractivity contribution < 1.29 is 9.53 Å². The van der Waals surface area contributed by atoms with E-state index in [0.29, 0.717) is 13.0 Å². The first kappa shape index (κ1) is 17.9. The Morgan fingerprint density at radius 3 is 2.72 bits per heavy atom. The maximum Gasteiger partial charge on any atom is 0.223 e. The molecule has 0 saturated carbocycles. The summed E-state index contributed by atoms with van der Waals surface area (Å²) in [5.74, 6) is 2.11. The zero-order chi connectivity index (χ0) is 17.5. The molecule has 0 bridgehead atoms. The van der Waals surface area contributed by atoms with Crippen molar-refractivity contribution in [2.75, 3.05) is 12.3 Å². The second-order valence-corrected chi connectivity index (χ2v) is 7.41. The molecule has 0 aliphatic carbocycles. The molecule has 132 valence electrons. The van der Waals surface area contributed by atoms with E-state index in [1.807, 2.05) is 53.1 Å². The molecule has 2 aromatic carbocycles. The van der Waals surface area contributed by atoms with Crippen LogP contribution in [-0.4, -0.2) is 23.1 Å². The first-order chi connectivity index (χ1) is 12.3. The lowest BCUT2D eigenvalue weighted by Crippen LogP contribution is -2.30. The van der Waals surface area contributed by atoms with Gasteiger partial charge >= 0.3 is 0 Å². The van der Waals surface area contributed by atoms with E-state index in [1.165, 1.54) is 0 Å². The molecule has 25 heavy (non-hydrogen) atoms. The van der Waals surface area contributed by atoms with Crippen LogP contribution in [0.4, 0.5) is 0 Å². The van der Waals surface area contributed by atoms with Crippen LogP contribution in [0.2, 0.25) is 0 Å². The SMILES string of the molecule is CCCCC(=O)N1CCS[C@H]1c1ccccc1OCc1ccccc1. The van der Waals surface area contributed by atoms with E-state index < -0.39 is 0 Å². The van der Waals surface area contributed by atoms with Crippen molar-refractivity contribution in [2.45, 2.75) is 38.2 Å². The number of carbonyl (C=O) groups is 1. The fourth-order valence-corrected chi connectivity index (χ4v) is 4.31. The van der Waals surface area contributed by atoms with E-state index in [-0.39, 0.29) is 11.3 Å². The quantitative estimate of drug-likeness (QED) is 0.698. The number of nitrogens with zero attached hydrogens (tertiary/aromatic N) is 1. The first-order valence-electron chi connectivity index (χ1n) is 8.96. The second-order valence-electron chi connectivity index (χ2n) is 6.23.